The quantitative estimate of drug-likeness (QED) is 0.562. The van der Waals surface area contributed by atoms with Gasteiger partial charge in [0.25, 0.3) is 0 Å². The molecular formula is C21H18F2O6. The minimum atomic E-state index is -4.05. The third-order valence-corrected chi connectivity index (χ3v) is 4.41. The fraction of sp³-hybridized carbons (Fsp3) is 0.286. The van der Waals surface area contributed by atoms with Gasteiger partial charge in [-0.1, -0.05) is 35.4 Å². The smallest absolute Gasteiger partial charge is 0.382 e. The Bertz CT molecular complexity index is 921. The molecule has 0 N–H and O–H groups in total. The summed E-state index contributed by atoms with van der Waals surface area (Å²) in [6.07, 6.45) is -3.84. The fourth-order valence-corrected chi connectivity index (χ4v) is 2.70. The van der Waals surface area contributed by atoms with E-state index in [1.165, 1.54) is 24.3 Å². The molecule has 2 aromatic carbocycles. The molecule has 152 valence electrons. The molecule has 29 heavy (non-hydrogen) atoms. The third-order valence-electron chi connectivity index (χ3n) is 4.41. The van der Waals surface area contributed by atoms with E-state index in [1.807, 2.05) is 6.92 Å². The summed E-state index contributed by atoms with van der Waals surface area (Å²) in [5.74, 6) is -7.71. The Morgan fingerprint density at radius 3 is 1.93 bits per heavy atom. The van der Waals surface area contributed by atoms with Crippen LogP contribution in [0.3, 0.4) is 0 Å². The van der Waals surface area contributed by atoms with Crippen LogP contribution in [0.25, 0.3) is 0 Å². The lowest BCUT2D eigenvalue weighted by molar-refractivity contribution is -0.163. The minimum absolute atomic E-state index is 0.0427. The normalized spacial score (nSPS) is 20.1. The summed E-state index contributed by atoms with van der Waals surface area (Å²) < 4.78 is 42.8. The van der Waals surface area contributed by atoms with E-state index in [4.69, 9.17) is 9.47 Å². The van der Waals surface area contributed by atoms with Crippen molar-refractivity contribution in [3.63, 3.8) is 0 Å². The maximum absolute atomic E-state index is 14.2. The number of hydrogen-bond acceptors (Lipinski definition) is 6. The highest BCUT2D eigenvalue weighted by Gasteiger charge is 2.63. The van der Waals surface area contributed by atoms with Crippen molar-refractivity contribution in [1.29, 1.82) is 0 Å². The monoisotopic (exact) mass is 404 g/mol. The second-order valence-corrected chi connectivity index (χ2v) is 6.72. The van der Waals surface area contributed by atoms with Gasteiger partial charge in [0, 0.05) is 0 Å². The molecule has 0 aliphatic carbocycles. The lowest BCUT2D eigenvalue weighted by atomic mass is 10.1. The summed E-state index contributed by atoms with van der Waals surface area (Å²) in [6, 6.07) is 12.5. The van der Waals surface area contributed by atoms with Gasteiger partial charge in [-0.2, -0.15) is 8.78 Å². The molecule has 0 unspecified atom stereocenters. The maximum Gasteiger partial charge on any atom is 0.382 e. The molecule has 1 aliphatic rings. The number of aryl methyl sites for hydroxylation is 2. The first-order chi connectivity index (χ1) is 13.7. The zero-order chi connectivity index (χ0) is 21.2. The van der Waals surface area contributed by atoms with Gasteiger partial charge in [-0.15, -0.1) is 0 Å². The molecule has 6 nitrogen and oxygen atoms in total. The zero-order valence-corrected chi connectivity index (χ0v) is 15.7. The number of alkyl halides is 2. The molecule has 2 atom stereocenters. The number of cyclic esters (lactones) is 1. The second-order valence-electron chi connectivity index (χ2n) is 6.72. The lowest BCUT2D eigenvalue weighted by Gasteiger charge is -2.20. The molecule has 1 aliphatic heterocycles. The molecule has 3 rings (SSSR count). The number of carbonyl (C=O) groups is 3. The first-order valence-corrected chi connectivity index (χ1v) is 8.79. The van der Waals surface area contributed by atoms with E-state index < -0.39 is 42.6 Å². The van der Waals surface area contributed by atoms with Crippen LogP contribution in [-0.4, -0.2) is 42.6 Å². The van der Waals surface area contributed by atoms with E-state index in [2.05, 4.69) is 4.74 Å². The second kappa shape index (κ2) is 7.98. The van der Waals surface area contributed by atoms with Crippen molar-refractivity contribution >= 4 is 17.9 Å². The van der Waals surface area contributed by atoms with Gasteiger partial charge in [-0.25, -0.2) is 14.4 Å². The van der Waals surface area contributed by atoms with Crippen molar-refractivity contribution in [2.45, 2.75) is 32.0 Å². The van der Waals surface area contributed by atoms with E-state index in [1.54, 1.807) is 31.2 Å². The van der Waals surface area contributed by atoms with Crippen LogP contribution >= 0.6 is 0 Å². The standard InChI is InChI=1S/C21H18F2O6/c1-12-3-7-14(8-4-12)18(24)27-11-16-17(21(22,23)20(26)28-16)29-19(25)15-9-5-13(2)6-10-15/h3-10,16-17H,11H2,1-2H3/t16-,17-/m1/s1. The van der Waals surface area contributed by atoms with Crippen LogP contribution in [0, 0.1) is 13.8 Å². The molecule has 1 saturated heterocycles. The van der Waals surface area contributed by atoms with Crippen LogP contribution < -0.4 is 0 Å². The summed E-state index contributed by atoms with van der Waals surface area (Å²) >= 11 is 0. The van der Waals surface area contributed by atoms with Crippen molar-refractivity contribution < 1.29 is 37.4 Å². The first-order valence-electron chi connectivity index (χ1n) is 8.79. The minimum Gasteiger partial charge on any atom is -0.458 e. The Labute approximate surface area is 165 Å². The van der Waals surface area contributed by atoms with Gasteiger partial charge in [0.2, 0.25) is 6.10 Å². The largest absolute Gasteiger partial charge is 0.458 e. The van der Waals surface area contributed by atoms with Crippen molar-refractivity contribution in [3.8, 4) is 0 Å². The number of rotatable bonds is 5. The predicted octanol–water partition coefficient (Wildman–Crippen LogP) is 3.25. The lowest BCUT2D eigenvalue weighted by Crippen LogP contribution is -2.43. The highest BCUT2D eigenvalue weighted by molar-refractivity contribution is 5.91. The Morgan fingerprint density at radius 2 is 1.41 bits per heavy atom. The number of carbonyl (C=O) groups excluding carboxylic acids is 3. The molecule has 0 bridgehead atoms. The predicted molar refractivity (Wildman–Crippen MR) is 96.7 cm³/mol. The van der Waals surface area contributed by atoms with Gasteiger partial charge in [0.05, 0.1) is 11.1 Å². The Kier molecular flexibility index (Phi) is 5.63. The van der Waals surface area contributed by atoms with Crippen LogP contribution in [0.5, 0.6) is 0 Å². The number of benzene rings is 2. The Balaban J connectivity index is 1.70. The maximum atomic E-state index is 14.2. The fourth-order valence-electron chi connectivity index (χ4n) is 2.70. The van der Waals surface area contributed by atoms with Crippen LogP contribution in [0.4, 0.5) is 8.78 Å². The van der Waals surface area contributed by atoms with Gasteiger partial charge >= 0.3 is 23.8 Å². The number of ether oxygens (including phenoxy) is 3. The molecule has 0 aromatic heterocycles. The van der Waals surface area contributed by atoms with Crippen LogP contribution in [-0.2, 0) is 19.0 Å². The summed E-state index contributed by atoms with van der Waals surface area (Å²) in [7, 11) is 0. The van der Waals surface area contributed by atoms with Gasteiger partial charge in [0.15, 0.2) is 6.10 Å². The van der Waals surface area contributed by atoms with Crippen molar-refractivity contribution in [1.82, 2.24) is 0 Å². The van der Waals surface area contributed by atoms with Crippen molar-refractivity contribution in [3.05, 3.63) is 70.8 Å². The average Bonchev–Trinajstić information content (AvgIpc) is 2.90. The van der Waals surface area contributed by atoms with E-state index in [0.717, 1.165) is 11.1 Å². The molecular weight excluding hydrogens is 386 g/mol. The molecule has 2 aromatic rings. The highest BCUT2D eigenvalue weighted by Crippen LogP contribution is 2.35. The number of hydrogen-bond donors (Lipinski definition) is 0. The summed E-state index contributed by atoms with van der Waals surface area (Å²) in [6.45, 7) is 2.95. The molecule has 1 fully saturated rings. The topological polar surface area (TPSA) is 78.9 Å². The summed E-state index contributed by atoms with van der Waals surface area (Å²) in [5.41, 5.74) is 2.04. The van der Waals surface area contributed by atoms with Gasteiger partial charge in [-0.05, 0) is 38.1 Å². The van der Waals surface area contributed by atoms with Crippen LogP contribution in [0.15, 0.2) is 48.5 Å². The Morgan fingerprint density at radius 1 is 0.931 bits per heavy atom. The van der Waals surface area contributed by atoms with E-state index in [-0.39, 0.29) is 11.1 Å². The van der Waals surface area contributed by atoms with Gasteiger partial charge in [-0.3, -0.25) is 0 Å². The average molecular weight is 404 g/mol. The molecule has 8 heteroatoms. The van der Waals surface area contributed by atoms with E-state index in [9.17, 15) is 23.2 Å². The first kappa shape index (κ1) is 20.4. The molecule has 0 spiro atoms. The zero-order valence-electron chi connectivity index (χ0n) is 15.7. The molecule has 0 amide bonds. The summed E-state index contributed by atoms with van der Waals surface area (Å²) in [5, 5.41) is 0. The molecule has 1 heterocycles. The van der Waals surface area contributed by atoms with Crippen molar-refractivity contribution in [2.24, 2.45) is 0 Å². The molecule has 0 radical (unpaired) electrons. The summed E-state index contributed by atoms with van der Waals surface area (Å²) in [4.78, 5) is 35.8. The third kappa shape index (κ3) is 4.42. The van der Waals surface area contributed by atoms with Crippen LogP contribution in [0.1, 0.15) is 31.8 Å². The van der Waals surface area contributed by atoms with Gasteiger partial charge < -0.3 is 14.2 Å². The Hall–Kier alpha value is -3.29. The SMILES string of the molecule is Cc1ccc(C(=O)OC[C@H]2OC(=O)C(F)(F)[C@@H]2OC(=O)c2ccc(C)cc2)cc1. The highest BCUT2D eigenvalue weighted by atomic mass is 19.3. The van der Waals surface area contributed by atoms with Crippen molar-refractivity contribution in [2.75, 3.05) is 6.61 Å². The molecule has 0 saturated carbocycles. The van der Waals surface area contributed by atoms with Crippen LogP contribution in [0.2, 0.25) is 0 Å². The number of halogens is 2. The van der Waals surface area contributed by atoms with E-state index >= 15 is 0 Å². The number of esters is 3. The van der Waals surface area contributed by atoms with E-state index in [0.29, 0.717) is 0 Å². The van der Waals surface area contributed by atoms with Gasteiger partial charge in [0.1, 0.15) is 6.61 Å².